The SMILES string of the molecule is C#C[C@H](O[Si](C)(C)C(C)(C)C)[C@H](CCO[Si](C)(C)C(C)(C)C)NC(=O)O. The Morgan fingerprint density at radius 2 is 1.54 bits per heavy atom. The van der Waals surface area contributed by atoms with E-state index in [-0.39, 0.29) is 10.1 Å². The Bertz CT molecular complexity index is 513. The van der Waals surface area contributed by atoms with Crippen molar-refractivity contribution in [2.75, 3.05) is 6.61 Å². The first-order valence-corrected chi connectivity index (χ1v) is 15.0. The first kappa shape index (κ1) is 25.2. The van der Waals surface area contributed by atoms with E-state index in [2.05, 4.69) is 79.0 Å². The van der Waals surface area contributed by atoms with E-state index in [1.54, 1.807) is 0 Å². The molecule has 7 heteroatoms. The van der Waals surface area contributed by atoms with Gasteiger partial charge in [-0.3, -0.25) is 0 Å². The molecule has 0 saturated carbocycles. The van der Waals surface area contributed by atoms with Crippen LogP contribution in [0.5, 0.6) is 0 Å². The molecule has 1 amide bonds. The monoisotopic (exact) mass is 401 g/mol. The molecular formula is C19H39NO4Si2. The maximum Gasteiger partial charge on any atom is 0.405 e. The molecule has 0 aliphatic carbocycles. The summed E-state index contributed by atoms with van der Waals surface area (Å²) in [4.78, 5) is 11.3. The van der Waals surface area contributed by atoms with Crippen LogP contribution in [0.2, 0.25) is 36.3 Å². The van der Waals surface area contributed by atoms with Crippen molar-refractivity contribution in [1.82, 2.24) is 5.32 Å². The second-order valence-corrected chi connectivity index (χ2v) is 19.5. The quantitative estimate of drug-likeness (QED) is 0.441. The molecule has 0 aromatic rings. The number of hydrogen-bond acceptors (Lipinski definition) is 3. The Morgan fingerprint density at radius 3 is 1.88 bits per heavy atom. The van der Waals surface area contributed by atoms with Gasteiger partial charge in [0.15, 0.2) is 16.6 Å². The van der Waals surface area contributed by atoms with Gasteiger partial charge in [-0.15, -0.1) is 6.42 Å². The normalized spacial score (nSPS) is 15.9. The number of carbonyl (C=O) groups is 1. The topological polar surface area (TPSA) is 67.8 Å². The third-order valence-corrected chi connectivity index (χ3v) is 14.8. The number of terminal acetylenes is 1. The minimum Gasteiger partial charge on any atom is -0.465 e. The van der Waals surface area contributed by atoms with Crippen LogP contribution in [0.3, 0.4) is 0 Å². The van der Waals surface area contributed by atoms with Crippen LogP contribution in [0.25, 0.3) is 0 Å². The summed E-state index contributed by atoms with van der Waals surface area (Å²) in [6.45, 7) is 22.0. The Labute approximate surface area is 162 Å². The molecular weight excluding hydrogens is 362 g/mol. The minimum atomic E-state index is -2.12. The molecule has 2 N–H and O–H groups in total. The number of amides is 1. The van der Waals surface area contributed by atoms with Gasteiger partial charge in [-0.1, -0.05) is 47.5 Å². The molecule has 0 aliphatic heterocycles. The fourth-order valence-corrected chi connectivity index (χ4v) is 4.12. The molecule has 26 heavy (non-hydrogen) atoms. The van der Waals surface area contributed by atoms with E-state index in [0.717, 1.165) is 0 Å². The molecule has 0 spiro atoms. The van der Waals surface area contributed by atoms with Crippen LogP contribution in [-0.4, -0.2) is 46.6 Å². The predicted molar refractivity (Wildman–Crippen MR) is 114 cm³/mol. The maximum atomic E-state index is 11.3. The molecule has 2 atom stereocenters. The maximum absolute atomic E-state index is 11.3. The zero-order valence-corrected chi connectivity index (χ0v) is 20.3. The lowest BCUT2D eigenvalue weighted by Gasteiger charge is -2.40. The van der Waals surface area contributed by atoms with Crippen LogP contribution in [-0.2, 0) is 8.85 Å². The number of carboxylic acid groups (broad SMARTS) is 1. The molecule has 5 nitrogen and oxygen atoms in total. The van der Waals surface area contributed by atoms with E-state index in [1.165, 1.54) is 0 Å². The van der Waals surface area contributed by atoms with E-state index in [4.69, 9.17) is 15.3 Å². The summed E-state index contributed by atoms with van der Waals surface area (Å²) in [6, 6.07) is -0.489. The van der Waals surface area contributed by atoms with Crippen LogP contribution in [0, 0.1) is 12.3 Å². The van der Waals surface area contributed by atoms with E-state index >= 15 is 0 Å². The smallest absolute Gasteiger partial charge is 0.405 e. The van der Waals surface area contributed by atoms with Gasteiger partial charge >= 0.3 is 6.09 Å². The average Bonchev–Trinajstić information content (AvgIpc) is 2.40. The van der Waals surface area contributed by atoms with Crippen molar-refractivity contribution in [2.24, 2.45) is 0 Å². The van der Waals surface area contributed by atoms with Crippen molar-refractivity contribution in [3.63, 3.8) is 0 Å². The van der Waals surface area contributed by atoms with Gasteiger partial charge < -0.3 is 19.3 Å². The molecule has 152 valence electrons. The molecule has 0 unspecified atom stereocenters. The molecule has 0 radical (unpaired) electrons. The minimum absolute atomic E-state index is 0.00644. The Kier molecular flexibility index (Phi) is 8.64. The van der Waals surface area contributed by atoms with Gasteiger partial charge in [0.25, 0.3) is 0 Å². The van der Waals surface area contributed by atoms with Crippen LogP contribution in [0.1, 0.15) is 48.0 Å². The van der Waals surface area contributed by atoms with Crippen molar-refractivity contribution in [3.8, 4) is 12.3 Å². The first-order chi connectivity index (χ1) is 11.4. The van der Waals surface area contributed by atoms with E-state index in [9.17, 15) is 9.90 Å². The molecule has 0 aliphatic rings. The second kappa shape index (κ2) is 8.92. The summed E-state index contributed by atoms with van der Waals surface area (Å²) in [5.74, 6) is 2.66. The summed E-state index contributed by atoms with van der Waals surface area (Å²) in [6.07, 6.45) is 4.50. The molecule has 0 fully saturated rings. The average molecular weight is 402 g/mol. The lowest BCUT2D eigenvalue weighted by Crippen LogP contribution is -2.52. The summed E-state index contributed by atoms with van der Waals surface area (Å²) in [7, 11) is -4.01. The van der Waals surface area contributed by atoms with Gasteiger partial charge in [0.05, 0.1) is 6.04 Å². The fourth-order valence-electron chi connectivity index (χ4n) is 1.84. The highest BCUT2D eigenvalue weighted by Crippen LogP contribution is 2.38. The predicted octanol–water partition coefficient (Wildman–Crippen LogP) is 5.06. The molecule has 0 rings (SSSR count). The molecule has 0 heterocycles. The third-order valence-electron chi connectivity index (χ3n) is 5.76. The standard InChI is InChI=1S/C19H39NO4Si2/c1-12-16(24-26(10,11)19(5,6)7)15(20-17(21)22)13-14-23-25(8,9)18(2,3)4/h1,15-16,20H,13-14H2,2-11H3,(H,21,22)/t15-,16-/m0/s1. The summed E-state index contributed by atoms with van der Waals surface area (Å²) >= 11 is 0. The van der Waals surface area contributed by atoms with Gasteiger partial charge in [-0.25, -0.2) is 4.79 Å². The van der Waals surface area contributed by atoms with Gasteiger partial charge in [0.2, 0.25) is 0 Å². The van der Waals surface area contributed by atoms with E-state index in [0.29, 0.717) is 13.0 Å². The summed E-state index contributed by atoms with van der Waals surface area (Å²) in [5.41, 5.74) is 0. The van der Waals surface area contributed by atoms with Crippen molar-refractivity contribution >= 4 is 22.7 Å². The van der Waals surface area contributed by atoms with Crippen LogP contribution < -0.4 is 5.32 Å². The van der Waals surface area contributed by atoms with Crippen molar-refractivity contribution in [2.45, 2.75) is 96.4 Å². The Hall–Kier alpha value is -0.816. The van der Waals surface area contributed by atoms with Crippen LogP contribution >= 0.6 is 0 Å². The lowest BCUT2D eigenvalue weighted by molar-refractivity contribution is 0.145. The zero-order valence-electron chi connectivity index (χ0n) is 18.3. The number of nitrogens with one attached hydrogen (secondary N) is 1. The Morgan fingerprint density at radius 1 is 1.08 bits per heavy atom. The molecule has 0 saturated heterocycles. The number of rotatable bonds is 8. The van der Waals surface area contributed by atoms with Crippen molar-refractivity contribution < 1.29 is 18.8 Å². The molecule has 0 bridgehead atoms. The third kappa shape index (κ3) is 7.43. The second-order valence-electron chi connectivity index (χ2n) is 9.92. The zero-order chi connectivity index (χ0) is 21.0. The highest BCUT2D eigenvalue weighted by Gasteiger charge is 2.41. The van der Waals surface area contributed by atoms with Gasteiger partial charge in [0.1, 0.15) is 6.10 Å². The summed E-state index contributed by atoms with van der Waals surface area (Å²) < 4.78 is 12.5. The van der Waals surface area contributed by atoms with Crippen LogP contribution in [0.15, 0.2) is 0 Å². The molecule has 0 aromatic heterocycles. The highest BCUT2D eigenvalue weighted by molar-refractivity contribution is 6.74. The van der Waals surface area contributed by atoms with Gasteiger partial charge in [-0.05, 0) is 42.7 Å². The largest absolute Gasteiger partial charge is 0.465 e. The first-order valence-electron chi connectivity index (χ1n) is 9.22. The number of hydrogen-bond donors (Lipinski definition) is 2. The fraction of sp³-hybridized carbons (Fsp3) is 0.842. The van der Waals surface area contributed by atoms with E-state index in [1.807, 2.05) is 0 Å². The summed E-state index contributed by atoms with van der Waals surface area (Å²) in [5, 5.41) is 11.9. The van der Waals surface area contributed by atoms with Crippen molar-refractivity contribution in [1.29, 1.82) is 0 Å². The van der Waals surface area contributed by atoms with Crippen LogP contribution in [0.4, 0.5) is 4.79 Å². The highest BCUT2D eigenvalue weighted by atomic mass is 28.4. The van der Waals surface area contributed by atoms with Gasteiger partial charge in [0, 0.05) is 6.61 Å². The molecule has 0 aromatic carbocycles. The van der Waals surface area contributed by atoms with Gasteiger partial charge in [-0.2, -0.15) is 0 Å². The lowest BCUT2D eigenvalue weighted by atomic mass is 10.1. The van der Waals surface area contributed by atoms with E-state index < -0.39 is 34.9 Å². The van der Waals surface area contributed by atoms with Crippen molar-refractivity contribution in [3.05, 3.63) is 0 Å². The Balaban J connectivity index is 5.18.